The zero-order valence-electron chi connectivity index (χ0n) is 9.83. The Morgan fingerprint density at radius 3 is 2.47 bits per heavy atom. The average molecular weight is 271 g/mol. The lowest BCUT2D eigenvalue weighted by Gasteiger charge is -2.08. The van der Waals surface area contributed by atoms with Gasteiger partial charge in [0.25, 0.3) is 0 Å². The summed E-state index contributed by atoms with van der Waals surface area (Å²) in [5.41, 5.74) is 3.84. The highest BCUT2D eigenvalue weighted by Crippen LogP contribution is 2.23. The molecule has 0 saturated heterocycles. The van der Waals surface area contributed by atoms with Gasteiger partial charge in [-0.25, -0.2) is 14.6 Å². The van der Waals surface area contributed by atoms with Gasteiger partial charge in [-0.3, -0.25) is 0 Å². The van der Waals surface area contributed by atoms with Gasteiger partial charge in [0.15, 0.2) is 5.82 Å². The van der Waals surface area contributed by atoms with Gasteiger partial charge in [0.2, 0.25) is 0 Å². The van der Waals surface area contributed by atoms with Gasteiger partial charge >= 0.3 is 0 Å². The Labute approximate surface area is 110 Å². The molecule has 0 saturated carbocycles. The molecule has 0 amide bonds. The molecule has 0 radical (unpaired) electrons. The Morgan fingerprint density at radius 1 is 1.24 bits per heavy atom. The SMILES string of the molecule is Cc1nn(-c2ncnc(Cl)c2CCl)c(C)c1C. The molecule has 6 heteroatoms. The van der Waals surface area contributed by atoms with Crippen LogP contribution < -0.4 is 0 Å². The number of rotatable bonds is 2. The summed E-state index contributed by atoms with van der Waals surface area (Å²) in [4.78, 5) is 8.14. The van der Waals surface area contributed by atoms with Crippen molar-refractivity contribution in [1.29, 1.82) is 0 Å². The smallest absolute Gasteiger partial charge is 0.162 e. The normalized spacial score (nSPS) is 10.9. The fourth-order valence-electron chi connectivity index (χ4n) is 1.61. The van der Waals surface area contributed by atoms with Crippen molar-refractivity contribution in [3.8, 4) is 5.82 Å². The highest BCUT2D eigenvalue weighted by Gasteiger charge is 2.15. The van der Waals surface area contributed by atoms with Crippen LogP contribution in [0.25, 0.3) is 5.82 Å². The van der Waals surface area contributed by atoms with E-state index in [0.717, 1.165) is 17.0 Å². The lowest BCUT2D eigenvalue weighted by atomic mass is 10.2. The van der Waals surface area contributed by atoms with E-state index in [4.69, 9.17) is 23.2 Å². The van der Waals surface area contributed by atoms with Crippen LogP contribution in [0.2, 0.25) is 5.15 Å². The Morgan fingerprint density at radius 2 is 1.94 bits per heavy atom. The lowest BCUT2D eigenvalue weighted by molar-refractivity contribution is 0.790. The minimum Gasteiger partial charge on any atom is -0.224 e. The van der Waals surface area contributed by atoms with Crippen molar-refractivity contribution >= 4 is 23.2 Å². The summed E-state index contributed by atoms with van der Waals surface area (Å²) in [6.45, 7) is 5.97. The second-order valence-electron chi connectivity index (χ2n) is 3.81. The number of halogens is 2. The maximum absolute atomic E-state index is 6.00. The third kappa shape index (κ3) is 2.03. The van der Waals surface area contributed by atoms with Crippen molar-refractivity contribution in [1.82, 2.24) is 19.7 Å². The van der Waals surface area contributed by atoms with E-state index in [9.17, 15) is 0 Å². The predicted molar refractivity (Wildman–Crippen MR) is 67.9 cm³/mol. The first-order valence-electron chi connectivity index (χ1n) is 5.14. The third-order valence-electron chi connectivity index (χ3n) is 2.86. The number of hydrogen-bond acceptors (Lipinski definition) is 3. The predicted octanol–water partition coefficient (Wildman–Crippen LogP) is 2.98. The molecule has 17 heavy (non-hydrogen) atoms. The van der Waals surface area contributed by atoms with Crippen LogP contribution in [0.4, 0.5) is 0 Å². The van der Waals surface area contributed by atoms with Crippen LogP contribution in [-0.2, 0) is 5.88 Å². The van der Waals surface area contributed by atoms with Crippen LogP contribution >= 0.6 is 23.2 Å². The fourth-order valence-corrected chi connectivity index (χ4v) is 2.12. The molecule has 0 fully saturated rings. The summed E-state index contributed by atoms with van der Waals surface area (Å²) in [7, 11) is 0. The van der Waals surface area contributed by atoms with Crippen molar-refractivity contribution in [2.75, 3.05) is 0 Å². The molecule has 2 aromatic heterocycles. The van der Waals surface area contributed by atoms with E-state index in [1.807, 2.05) is 20.8 Å². The van der Waals surface area contributed by atoms with E-state index in [2.05, 4.69) is 15.1 Å². The van der Waals surface area contributed by atoms with E-state index in [0.29, 0.717) is 16.5 Å². The van der Waals surface area contributed by atoms with Crippen LogP contribution in [0.5, 0.6) is 0 Å². The molecule has 0 N–H and O–H groups in total. The summed E-state index contributed by atoms with van der Waals surface area (Å²) in [6.07, 6.45) is 1.42. The zero-order valence-corrected chi connectivity index (χ0v) is 11.3. The molecule has 2 rings (SSSR count). The first-order valence-corrected chi connectivity index (χ1v) is 6.06. The molecule has 2 heterocycles. The molecule has 90 valence electrons. The van der Waals surface area contributed by atoms with Crippen molar-refractivity contribution in [3.05, 3.63) is 34.0 Å². The zero-order chi connectivity index (χ0) is 12.6. The number of hydrogen-bond donors (Lipinski definition) is 0. The minimum atomic E-state index is 0.256. The quantitative estimate of drug-likeness (QED) is 0.623. The van der Waals surface area contributed by atoms with E-state index in [-0.39, 0.29) is 5.88 Å². The third-order valence-corrected chi connectivity index (χ3v) is 3.45. The summed E-state index contributed by atoms with van der Waals surface area (Å²) in [6, 6.07) is 0. The Kier molecular flexibility index (Phi) is 3.35. The van der Waals surface area contributed by atoms with Gasteiger partial charge in [-0.1, -0.05) is 11.6 Å². The van der Waals surface area contributed by atoms with E-state index in [1.165, 1.54) is 6.33 Å². The van der Waals surface area contributed by atoms with Crippen molar-refractivity contribution < 1.29 is 0 Å². The molecule has 0 aliphatic rings. The largest absolute Gasteiger partial charge is 0.224 e. The molecule has 0 spiro atoms. The van der Waals surface area contributed by atoms with Crippen LogP contribution in [0, 0.1) is 20.8 Å². The molecular weight excluding hydrogens is 259 g/mol. The summed E-state index contributed by atoms with van der Waals surface area (Å²) in [5, 5.41) is 4.81. The van der Waals surface area contributed by atoms with E-state index < -0.39 is 0 Å². The van der Waals surface area contributed by atoms with Crippen molar-refractivity contribution in [3.63, 3.8) is 0 Å². The van der Waals surface area contributed by atoms with Gasteiger partial charge in [-0.2, -0.15) is 5.10 Å². The first-order chi connectivity index (χ1) is 8.06. The van der Waals surface area contributed by atoms with Gasteiger partial charge in [0.05, 0.1) is 11.6 Å². The van der Waals surface area contributed by atoms with Crippen LogP contribution in [0.1, 0.15) is 22.5 Å². The molecular formula is C11H12Cl2N4. The van der Waals surface area contributed by atoms with Gasteiger partial charge < -0.3 is 0 Å². The topological polar surface area (TPSA) is 43.6 Å². The number of aromatic nitrogens is 4. The second-order valence-corrected chi connectivity index (χ2v) is 4.43. The molecule has 2 aromatic rings. The average Bonchev–Trinajstić information content (AvgIpc) is 2.56. The Bertz CT molecular complexity index is 563. The van der Waals surface area contributed by atoms with Gasteiger partial charge in [-0.15, -0.1) is 11.6 Å². The monoisotopic (exact) mass is 270 g/mol. The minimum absolute atomic E-state index is 0.256. The molecule has 0 aromatic carbocycles. The van der Waals surface area contributed by atoms with Crippen LogP contribution in [0.3, 0.4) is 0 Å². The van der Waals surface area contributed by atoms with Crippen molar-refractivity contribution in [2.45, 2.75) is 26.7 Å². The molecule has 0 atom stereocenters. The second kappa shape index (κ2) is 4.63. The molecule has 0 aliphatic carbocycles. The van der Waals surface area contributed by atoms with Crippen LogP contribution in [0.15, 0.2) is 6.33 Å². The van der Waals surface area contributed by atoms with E-state index in [1.54, 1.807) is 4.68 Å². The number of alkyl halides is 1. The number of aryl methyl sites for hydroxylation is 1. The summed E-state index contributed by atoms with van der Waals surface area (Å²) >= 11 is 11.9. The first kappa shape index (κ1) is 12.3. The highest BCUT2D eigenvalue weighted by atomic mass is 35.5. The molecule has 0 unspecified atom stereocenters. The molecule has 4 nitrogen and oxygen atoms in total. The maximum Gasteiger partial charge on any atom is 0.162 e. The fraction of sp³-hybridized carbons (Fsp3) is 0.364. The molecule has 0 bridgehead atoms. The Hall–Kier alpha value is -1.13. The van der Waals surface area contributed by atoms with Gasteiger partial charge in [0.1, 0.15) is 11.5 Å². The van der Waals surface area contributed by atoms with Gasteiger partial charge in [0, 0.05) is 11.3 Å². The number of nitrogens with zero attached hydrogens (tertiary/aromatic N) is 4. The summed E-state index contributed by atoms with van der Waals surface area (Å²) < 4.78 is 1.76. The lowest BCUT2D eigenvalue weighted by Crippen LogP contribution is -2.07. The summed E-state index contributed by atoms with van der Waals surface area (Å²) in [5.74, 6) is 0.903. The molecule has 0 aliphatic heterocycles. The Balaban J connectivity index is 2.68. The maximum atomic E-state index is 6.00. The standard InChI is InChI=1S/C11H12Cl2N4/c1-6-7(2)16-17(8(6)3)11-9(4-12)10(13)14-5-15-11/h5H,4H2,1-3H3. The van der Waals surface area contributed by atoms with Gasteiger partial charge in [-0.05, 0) is 26.3 Å². The highest BCUT2D eigenvalue weighted by molar-refractivity contribution is 6.31. The van der Waals surface area contributed by atoms with E-state index >= 15 is 0 Å². The van der Waals surface area contributed by atoms with Crippen molar-refractivity contribution in [2.24, 2.45) is 0 Å². The van der Waals surface area contributed by atoms with Crippen LogP contribution in [-0.4, -0.2) is 19.7 Å².